The SMILES string of the molecule is CC(=O)C(Cl)c1cc(C)ccc1Cl. The molecule has 0 aliphatic heterocycles. The minimum atomic E-state index is -0.632. The van der Waals surface area contributed by atoms with Gasteiger partial charge in [0.15, 0.2) is 5.78 Å². The van der Waals surface area contributed by atoms with E-state index < -0.39 is 5.38 Å². The van der Waals surface area contributed by atoms with E-state index in [-0.39, 0.29) is 5.78 Å². The summed E-state index contributed by atoms with van der Waals surface area (Å²) in [5.41, 5.74) is 1.74. The van der Waals surface area contributed by atoms with Crippen molar-refractivity contribution in [1.29, 1.82) is 0 Å². The molecule has 0 spiro atoms. The number of rotatable bonds is 2. The number of carbonyl (C=O) groups is 1. The van der Waals surface area contributed by atoms with Crippen molar-refractivity contribution in [2.75, 3.05) is 0 Å². The Kier molecular flexibility index (Phi) is 3.34. The third-order valence-electron chi connectivity index (χ3n) is 1.78. The van der Waals surface area contributed by atoms with E-state index in [0.29, 0.717) is 10.6 Å². The third kappa shape index (κ3) is 2.45. The summed E-state index contributed by atoms with van der Waals surface area (Å²) >= 11 is 11.8. The lowest BCUT2D eigenvalue weighted by Gasteiger charge is -2.08. The third-order valence-corrected chi connectivity index (χ3v) is 2.67. The zero-order valence-electron chi connectivity index (χ0n) is 7.47. The van der Waals surface area contributed by atoms with Crippen molar-refractivity contribution in [2.45, 2.75) is 19.2 Å². The molecule has 0 saturated heterocycles. The average molecular weight is 217 g/mol. The fourth-order valence-electron chi connectivity index (χ4n) is 1.08. The zero-order valence-corrected chi connectivity index (χ0v) is 8.99. The molecule has 1 unspecified atom stereocenters. The van der Waals surface area contributed by atoms with E-state index in [1.54, 1.807) is 6.07 Å². The predicted octanol–water partition coefficient (Wildman–Crippen LogP) is 3.52. The van der Waals surface area contributed by atoms with Crippen molar-refractivity contribution in [3.63, 3.8) is 0 Å². The van der Waals surface area contributed by atoms with Crippen LogP contribution in [0.5, 0.6) is 0 Å². The normalized spacial score (nSPS) is 12.6. The Morgan fingerprint density at radius 3 is 2.62 bits per heavy atom. The van der Waals surface area contributed by atoms with E-state index in [1.807, 2.05) is 19.1 Å². The van der Waals surface area contributed by atoms with Gasteiger partial charge in [-0.3, -0.25) is 4.79 Å². The van der Waals surface area contributed by atoms with Crippen molar-refractivity contribution in [3.05, 3.63) is 34.3 Å². The highest BCUT2D eigenvalue weighted by molar-refractivity contribution is 6.35. The Labute approximate surface area is 87.7 Å². The monoisotopic (exact) mass is 216 g/mol. The molecule has 1 aromatic rings. The van der Waals surface area contributed by atoms with Crippen molar-refractivity contribution in [2.24, 2.45) is 0 Å². The first kappa shape index (κ1) is 10.6. The first-order valence-electron chi connectivity index (χ1n) is 3.93. The van der Waals surface area contributed by atoms with Crippen LogP contribution in [0.2, 0.25) is 5.02 Å². The number of benzene rings is 1. The van der Waals surface area contributed by atoms with E-state index in [0.717, 1.165) is 5.56 Å². The van der Waals surface area contributed by atoms with Crippen LogP contribution in [0.4, 0.5) is 0 Å². The van der Waals surface area contributed by atoms with Gasteiger partial charge in [0.05, 0.1) is 0 Å². The number of carbonyl (C=O) groups excluding carboxylic acids is 1. The van der Waals surface area contributed by atoms with Gasteiger partial charge in [0.1, 0.15) is 5.38 Å². The Bertz CT molecular complexity index is 334. The summed E-state index contributed by atoms with van der Waals surface area (Å²) in [7, 11) is 0. The standard InChI is InChI=1S/C10H10Cl2O/c1-6-3-4-9(11)8(5-6)10(12)7(2)13/h3-5,10H,1-2H3. The number of hydrogen-bond donors (Lipinski definition) is 0. The maximum Gasteiger partial charge on any atom is 0.152 e. The van der Waals surface area contributed by atoms with Crippen LogP contribution in [0, 0.1) is 6.92 Å². The molecule has 1 rings (SSSR count). The van der Waals surface area contributed by atoms with Crippen molar-refractivity contribution < 1.29 is 4.79 Å². The van der Waals surface area contributed by atoms with E-state index in [1.165, 1.54) is 6.92 Å². The van der Waals surface area contributed by atoms with E-state index in [9.17, 15) is 4.79 Å². The van der Waals surface area contributed by atoms with Gasteiger partial charge in [-0.25, -0.2) is 0 Å². The summed E-state index contributed by atoms with van der Waals surface area (Å²) in [4.78, 5) is 11.0. The second-order valence-electron chi connectivity index (χ2n) is 3.00. The van der Waals surface area contributed by atoms with Crippen molar-refractivity contribution in [3.8, 4) is 0 Å². The molecule has 0 aromatic heterocycles. The smallest absolute Gasteiger partial charge is 0.152 e. The van der Waals surface area contributed by atoms with Gasteiger partial charge in [0, 0.05) is 5.02 Å². The molecule has 0 radical (unpaired) electrons. The molecule has 0 aliphatic rings. The first-order chi connectivity index (χ1) is 6.02. The zero-order chi connectivity index (χ0) is 10.0. The second-order valence-corrected chi connectivity index (χ2v) is 3.84. The number of aryl methyl sites for hydroxylation is 1. The summed E-state index contributed by atoms with van der Waals surface area (Å²) in [5, 5.41) is -0.0896. The van der Waals surface area contributed by atoms with Crippen molar-refractivity contribution in [1.82, 2.24) is 0 Å². The Balaban J connectivity index is 3.12. The summed E-state index contributed by atoms with van der Waals surface area (Å²) in [6.07, 6.45) is 0. The molecule has 1 nitrogen and oxygen atoms in total. The van der Waals surface area contributed by atoms with Crippen LogP contribution >= 0.6 is 23.2 Å². The first-order valence-corrected chi connectivity index (χ1v) is 4.74. The molecule has 1 atom stereocenters. The van der Waals surface area contributed by atoms with E-state index in [2.05, 4.69) is 0 Å². The molecule has 0 saturated carbocycles. The lowest BCUT2D eigenvalue weighted by molar-refractivity contribution is -0.116. The van der Waals surface area contributed by atoms with Gasteiger partial charge in [-0.05, 0) is 25.5 Å². The van der Waals surface area contributed by atoms with Gasteiger partial charge >= 0.3 is 0 Å². The molecule has 13 heavy (non-hydrogen) atoms. The summed E-state index contributed by atoms with van der Waals surface area (Å²) < 4.78 is 0. The lowest BCUT2D eigenvalue weighted by atomic mass is 10.1. The number of Topliss-reactive ketones (excluding diaryl/α,β-unsaturated/α-hetero) is 1. The van der Waals surface area contributed by atoms with E-state index in [4.69, 9.17) is 23.2 Å². The molecule has 0 fully saturated rings. The lowest BCUT2D eigenvalue weighted by Crippen LogP contribution is -2.02. The molecular formula is C10H10Cl2O. The number of hydrogen-bond acceptors (Lipinski definition) is 1. The maximum atomic E-state index is 11.0. The molecule has 0 bridgehead atoms. The van der Waals surface area contributed by atoms with Crippen LogP contribution in [0.3, 0.4) is 0 Å². The number of ketones is 1. The van der Waals surface area contributed by atoms with Crippen LogP contribution in [0.25, 0.3) is 0 Å². The van der Waals surface area contributed by atoms with Gasteiger partial charge in [-0.15, -0.1) is 11.6 Å². The van der Waals surface area contributed by atoms with Gasteiger partial charge < -0.3 is 0 Å². The molecular weight excluding hydrogens is 207 g/mol. The van der Waals surface area contributed by atoms with Gasteiger partial charge in [0.25, 0.3) is 0 Å². The largest absolute Gasteiger partial charge is 0.298 e. The van der Waals surface area contributed by atoms with Crippen LogP contribution < -0.4 is 0 Å². The second kappa shape index (κ2) is 4.12. The van der Waals surface area contributed by atoms with E-state index >= 15 is 0 Å². The number of halogens is 2. The van der Waals surface area contributed by atoms with Crippen molar-refractivity contribution >= 4 is 29.0 Å². The molecule has 0 N–H and O–H groups in total. The van der Waals surface area contributed by atoms with Crippen LogP contribution in [-0.4, -0.2) is 5.78 Å². The molecule has 3 heteroatoms. The average Bonchev–Trinajstić information content (AvgIpc) is 2.08. The Morgan fingerprint density at radius 1 is 1.46 bits per heavy atom. The van der Waals surface area contributed by atoms with Gasteiger partial charge in [0.2, 0.25) is 0 Å². The summed E-state index contributed by atoms with van der Waals surface area (Å²) in [5.74, 6) is -0.0887. The Hall–Kier alpha value is -0.530. The van der Waals surface area contributed by atoms with Gasteiger partial charge in [-0.2, -0.15) is 0 Å². The van der Waals surface area contributed by atoms with Crippen LogP contribution in [-0.2, 0) is 4.79 Å². The van der Waals surface area contributed by atoms with Crippen LogP contribution in [0.1, 0.15) is 23.4 Å². The highest BCUT2D eigenvalue weighted by atomic mass is 35.5. The van der Waals surface area contributed by atoms with Gasteiger partial charge in [-0.1, -0.05) is 29.3 Å². The molecule has 70 valence electrons. The molecule has 1 aromatic carbocycles. The Morgan fingerprint density at radius 2 is 2.08 bits per heavy atom. The number of alkyl halides is 1. The molecule has 0 aliphatic carbocycles. The highest BCUT2D eigenvalue weighted by Gasteiger charge is 2.15. The van der Waals surface area contributed by atoms with Crippen LogP contribution in [0.15, 0.2) is 18.2 Å². The fraction of sp³-hybridized carbons (Fsp3) is 0.300. The molecule has 0 amide bonds. The fourth-order valence-corrected chi connectivity index (χ4v) is 1.54. The predicted molar refractivity (Wildman–Crippen MR) is 55.5 cm³/mol. The minimum Gasteiger partial charge on any atom is -0.298 e. The molecule has 0 heterocycles. The minimum absolute atomic E-state index is 0.0887. The highest BCUT2D eigenvalue weighted by Crippen LogP contribution is 2.29. The topological polar surface area (TPSA) is 17.1 Å². The summed E-state index contributed by atoms with van der Waals surface area (Å²) in [6, 6.07) is 5.47. The quantitative estimate of drug-likeness (QED) is 0.692. The summed E-state index contributed by atoms with van der Waals surface area (Å²) in [6.45, 7) is 3.39. The maximum absolute atomic E-state index is 11.0.